The van der Waals surface area contributed by atoms with E-state index in [0.717, 1.165) is 11.3 Å². The van der Waals surface area contributed by atoms with E-state index in [2.05, 4.69) is 5.32 Å². The highest BCUT2D eigenvalue weighted by atomic mass is 16.3. The molecule has 0 fully saturated rings. The third-order valence-electron chi connectivity index (χ3n) is 3.24. The van der Waals surface area contributed by atoms with Crippen LogP contribution in [0.25, 0.3) is 0 Å². The van der Waals surface area contributed by atoms with Crippen LogP contribution in [0.1, 0.15) is 15.9 Å². The van der Waals surface area contributed by atoms with E-state index in [9.17, 15) is 4.79 Å². The number of carbonyl (C=O) groups excluding carboxylic acids is 1. The molecule has 0 amide bonds. The number of phenols is 2. The van der Waals surface area contributed by atoms with Gasteiger partial charge in [0.1, 0.15) is 11.5 Å². The Labute approximate surface area is 148 Å². The summed E-state index contributed by atoms with van der Waals surface area (Å²) in [6, 6.07) is 23.8. The predicted octanol–water partition coefficient (Wildman–Crippen LogP) is 4.63. The van der Waals surface area contributed by atoms with Gasteiger partial charge in [0.05, 0.1) is 5.56 Å². The lowest BCUT2D eigenvalue weighted by Crippen LogP contribution is -1.84. The van der Waals surface area contributed by atoms with Crippen LogP contribution in [-0.2, 0) is 0 Å². The monoisotopic (exact) mass is 337 g/mol. The lowest BCUT2D eigenvalue weighted by molar-refractivity contribution is 0.112. The van der Waals surface area contributed by atoms with E-state index in [1.54, 1.807) is 43.3 Å². The van der Waals surface area contributed by atoms with Gasteiger partial charge >= 0.3 is 0 Å². The van der Waals surface area contributed by atoms with Crippen molar-refractivity contribution in [2.24, 2.45) is 0 Å². The second-order valence-electron chi connectivity index (χ2n) is 5.08. The number of anilines is 1. The van der Waals surface area contributed by atoms with Crippen molar-refractivity contribution in [1.82, 2.24) is 0 Å². The van der Waals surface area contributed by atoms with Gasteiger partial charge in [0, 0.05) is 12.7 Å². The van der Waals surface area contributed by atoms with Crippen LogP contribution in [0.15, 0.2) is 78.9 Å². The van der Waals surface area contributed by atoms with Gasteiger partial charge in [-0.25, -0.2) is 0 Å². The normalized spacial score (nSPS) is 8.88. The molecule has 0 aliphatic heterocycles. The lowest BCUT2D eigenvalue weighted by Gasteiger charge is -1.98. The zero-order valence-electron chi connectivity index (χ0n) is 14.4. The van der Waals surface area contributed by atoms with E-state index < -0.39 is 0 Å². The number of hydrogen-bond acceptors (Lipinski definition) is 4. The summed E-state index contributed by atoms with van der Waals surface area (Å²) in [5, 5.41) is 20.7. The largest absolute Gasteiger partial charge is 0.508 e. The molecule has 0 aromatic heterocycles. The standard InChI is InChI=1S/C8H8O2.C7H9N.C6H6O/c1-6-3-2-4-8(10)7(6)5-9;1-8-7-5-3-2-4-6-7;7-6-4-2-1-3-5-6/h2-5,10H,1H3;2-6,8H,1H3;1-5,7H. The maximum Gasteiger partial charge on any atom is 0.154 e. The molecule has 25 heavy (non-hydrogen) atoms. The van der Waals surface area contributed by atoms with Gasteiger partial charge in [0.2, 0.25) is 0 Å². The number of rotatable bonds is 2. The van der Waals surface area contributed by atoms with Crippen molar-refractivity contribution < 1.29 is 15.0 Å². The minimum absolute atomic E-state index is 0.0509. The van der Waals surface area contributed by atoms with Gasteiger partial charge in [-0.1, -0.05) is 48.5 Å². The maximum atomic E-state index is 10.3. The van der Waals surface area contributed by atoms with Gasteiger partial charge < -0.3 is 15.5 Å². The fourth-order valence-electron chi connectivity index (χ4n) is 1.85. The van der Waals surface area contributed by atoms with Crippen molar-refractivity contribution in [2.75, 3.05) is 12.4 Å². The molecule has 0 bridgehead atoms. The average molecular weight is 337 g/mol. The predicted molar refractivity (Wildman–Crippen MR) is 102 cm³/mol. The summed E-state index contributed by atoms with van der Waals surface area (Å²) in [5.74, 6) is 0.373. The molecule has 0 spiro atoms. The van der Waals surface area contributed by atoms with E-state index in [1.165, 1.54) is 6.07 Å². The van der Waals surface area contributed by atoms with E-state index in [4.69, 9.17) is 10.2 Å². The Kier molecular flexibility index (Phi) is 8.93. The molecule has 3 N–H and O–H groups in total. The molecule has 0 aliphatic carbocycles. The summed E-state index contributed by atoms with van der Waals surface area (Å²) in [7, 11) is 1.91. The van der Waals surface area contributed by atoms with Gasteiger partial charge in [0.15, 0.2) is 6.29 Å². The summed E-state index contributed by atoms with van der Waals surface area (Å²) in [5.41, 5.74) is 2.34. The first-order valence-corrected chi connectivity index (χ1v) is 7.79. The van der Waals surface area contributed by atoms with Crippen LogP contribution in [0, 0.1) is 6.92 Å². The Balaban J connectivity index is 0.000000191. The molecule has 3 rings (SSSR count). The number of nitrogens with one attached hydrogen (secondary N) is 1. The fraction of sp³-hybridized carbons (Fsp3) is 0.0952. The molecular weight excluding hydrogens is 314 g/mol. The van der Waals surface area contributed by atoms with Crippen molar-refractivity contribution in [2.45, 2.75) is 6.92 Å². The van der Waals surface area contributed by atoms with Crippen molar-refractivity contribution in [1.29, 1.82) is 0 Å². The summed E-state index contributed by atoms with van der Waals surface area (Å²) in [6.45, 7) is 1.78. The van der Waals surface area contributed by atoms with Gasteiger partial charge in [-0.3, -0.25) is 4.79 Å². The Hall–Kier alpha value is -3.27. The van der Waals surface area contributed by atoms with Crippen LogP contribution < -0.4 is 5.32 Å². The number of phenolic OH excluding ortho intramolecular Hbond substituents is 2. The molecule has 0 saturated heterocycles. The first-order chi connectivity index (χ1) is 12.1. The van der Waals surface area contributed by atoms with Crippen LogP contribution in [0.5, 0.6) is 11.5 Å². The number of carbonyl (C=O) groups is 1. The first kappa shape index (κ1) is 19.8. The molecule has 0 aliphatic rings. The van der Waals surface area contributed by atoms with Gasteiger partial charge in [-0.05, 0) is 42.8 Å². The van der Waals surface area contributed by atoms with E-state index in [0.29, 0.717) is 17.6 Å². The molecule has 0 saturated carbocycles. The number of para-hydroxylation sites is 2. The SMILES string of the molecule is CNc1ccccc1.Cc1cccc(O)c1C=O.Oc1ccccc1. The van der Waals surface area contributed by atoms with Crippen molar-refractivity contribution >= 4 is 12.0 Å². The van der Waals surface area contributed by atoms with Gasteiger partial charge in [-0.15, -0.1) is 0 Å². The molecular formula is C21H23NO3. The van der Waals surface area contributed by atoms with Crippen LogP contribution in [-0.4, -0.2) is 23.5 Å². The third-order valence-corrected chi connectivity index (χ3v) is 3.24. The molecule has 0 atom stereocenters. The molecule has 130 valence electrons. The third kappa shape index (κ3) is 7.70. The summed E-state index contributed by atoms with van der Waals surface area (Å²) in [6.07, 6.45) is 0.657. The molecule has 3 aromatic carbocycles. The second kappa shape index (κ2) is 11.3. The second-order valence-corrected chi connectivity index (χ2v) is 5.08. The summed E-state index contributed by atoms with van der Waals surface area (Å²) in [4.78, 5) is 10.3. The Morgan fingerprint density at radius 3 is 1.68 bits per heavy atom. The van der Waals surface area contributed by atoms with Crippen LogP contribution in [0.2, 0.25) is 0 Å². The Morgan fingerprint density at radius 2 is 1.36 bits per heavy atom. The van der Waals surface area contributed by atoms with Gasteiger partial charge in [-0.2, -0.15) is 0 Å². The number of aldehydes is 1. The number of aromatic hydroxyl groups is 2. The molecule has 0 heterocycles. The molecule has 0 radical (unpaired) electrons. The highest BCUT2D eigenvalue weighted by Gasteiger charge is 2.00. The first-order valence-electron chi connectivity index (χ1n) is 7.79. The average Bonchev–Trinajstić information content (AvgIpc) is 2.64. The summed E-state index contributed by atoms with van der Waals surface area (Å²) < 4.78 is 0. The zero-order valence-corrected chi connectivity index (χ0v) is 14.4. The van der Waals surface area contributed by atoms with Gasteiger partial charge in [0.25, 0.3) is 0 Å². The minimum atomic E-state index is 0.0509. The fourth-order valence-corrected chi connectivity index (χ4v) is 1.85. The van der Waals surface area contributed by atoms with Crippen molar-refractivity contribution in [3.8, 4) is 11.5 Å². The quantitative estimate of drug-likeness (QED) is 0.596. The molecule has 4 heteroatoms. The van der Waals surface area contributed by atoms with Crippen molar-refractivity contribution in [3.63, 3.8) is 0 Å². The smallest absolute Gasteiger partial charge is 0.154 e. The summed E-state index contributed by atoms with van der Waals surface area (Å²) >= 11 is 0. The maximum absolute atomic E-state index is 10.3. The van der Waals surface area contributed by atoms with E-state index in [1.807, 2.05) is 43.4 Å². The zero-order chi connectivity index (χ0) is 18.5. The number of benzene rings is 3. The minimum Gasteiger partial charge on any atom is -0.508 e. The van der Waals surface area contributed by atoms with Crippen molar-refractivity contribution in [3.05, 3.63) is 90.0 Å². The molecule has 3 aromatic rings. The van der Waals surface area contributed by atoms with E-state index in [-0.39, 0.29) is 5.75 Å². The number of aryl methyl sites for hydroxylation is 1. The number of hydrogen-bond donors (Lipinski definition) is 3. The van der Waals surface area contributed by atoms with Crippen LogP contribution in [0.3, 0.4) is 0 Å². The highest BCUT2D eigenvalue weighted by molar-refractivity contribution is 5.81. The van der Waals surface area contributed by atoms with Crippen LogP contribution >= 0.6 is 0 Å². The Morgan fingerprint density at radius 1 is 0.800 bits per heavy atom. The topological polar surface area (TPSA) is 69.6 Å². The van der Waals surface area contributed by atoms with E-state index >= 15 is 0 Å². The molecule has 0 unspecified atom stereocenters. The lowest BCUT2D eigenvalue weighted by atomic mass is 10.1. The van der Waals surface area contributed by atoms with Crippen LogP contribution in [0.4, 0.5) is 5.69 Å². The molecule has 4 nitrogen and oxygen atoms in total. The highest BCUT2D eigenvalue weighted by Crippen LogP contribution is 2.17. The Bertz CT molecular complexity index is 723.